The van der Waals surface area contributed by atoms with Gasteiger partial charge in [0.1, 0.15) is 0 Å². The molecule has 4 atom stereocenters. The Balaban J connectivity index is 1.88. The summed E-state index contributed by atoms with van der Waals surface area (Å²) in [6.45, 7) is 1.97. The zero-order valence-electron chi connectivity index (χ0n) is 8.53. The predicted molar refractivity (Wildman–Crippen MR) is 52.7 cm³/mol. The number of carbonyl (C=O) groups excluding carboxylic acids is 1. The van der Waals surface area contributed by atoms with Gasteiger partial charge in [-0.2, -0.15) is 0 Å². The molecule has 2 rings (SSSR count). The van der Waals surface area contributed by atoms with E-state index in [0.717, 1.165) is 19.3 Å². The summed E-state index contributed by atoms with van der Waals surface area (Å²) in [5.74, 6) is -0.254. The molecule has 1 amide bonds. The van der Waals surface area contributed by atoms with Crippen molar-refractivity contribution in [2.75, 3.05) is 0 Å². The monoisotopic (exact) mass is 198 g/mol. The van der Waals surface area contributed by atoms with Gasteiger partial charge in [-0.05, 0) is 25.7 Å². The average Bonchev–Trinajstić information content (AvgIpc) is 2.74. The van der Waals surface area contributed by atoms with Gasteiger partial charge in [-0.1, -0.05) is 6.92 Å². The fourth-order valence-electron chi connectivity index (χ4n) is 2.47. The van der Waals surface area contributed by atoms with E-state index in [4.69, 9.17) is 10.5 Å². The van der Waals surface area contributed by atoms with E-state index in [9.17, 15) is 4.79 Å². The molecule has 2 saturated heterocycles. The van der Waals surface area contributed by atoms with Crippen LogP contribution in [0.25, 0.3) is 0 Å². The van der Waals surface area contributed by atoms with Crippen molar-refractivity contribution in [3.05, 3.63) is 0 Å². The lowest BCUT2D eigenvalue weighted by Gasteiger charge is -2.24. The number of rotatable bonds is 4. The van der Waals surface area contributed by atoms with E-state index in [1.54, 1.807) is 0 Å². The summed E-state index contributed by atoms with van der Waals surface area (Å²) in [5, 5.41) is 3.30. The summed E-state index contributed by atoms with van der Waals surface area (Å²) in [6.07, 6.45) is 4.82. The molecule has 0 spiro atoms. The molecule has 2 heterocycles. The van der Waals surface area contributed by atoms with Crippen LogP contribution in [0.2, 0.25) is 0 Å². The van der Waals surface area contributed by atoms with Gasteiger partial charge in [-0.25, -0.2) is 0 Å². The summed E-state index contributed by atoms with van der Waals surface area (Å²) >= 11 is 0. The van der Waals surface area contributed by atoms with Gasteiger partial charge in [-0.15, -0.1) is 0 Å². The van der Waals surface area contributed by atoms with Gasteiger partial charge in [0.2, 0.25) is 5.91 Å². The summed E-state index contributed by atoms with van der Waals surface area (Å²) in [6, 6.07) is 0.147. The van der Waals surface area contributed by atoms with E-state index < -0.39 is 0 Å². The second kappa shape index (κ2) is 3.87. The Bertz CT molecular complexity index is 232. The first-order chi connectivity index (χ1) is 6.70. The molecule has 80 valence electrons. The molecule has 4 nitrogen and oxygen atoms in total. The largest absolute Gasteiger partial charge is 0.373 e. The van der Waals surface area contributed by atoms with Crippen molar-refractivity contribution in [1.82, 2.24) is 5.32 Å². The van der Waals surface area contributed by atoms with Crippen molar-refractivity contribution in [2.45, 2.75) is 56.9 Å². The fraction of sp³-hybridized carbons (Fsp3) is 0.900. The smallest absolute Gasteiger partial charge is 0.234 e. The minimum absolute atomic E-state index is 0.192. The highest BCUT2D eigenvalue weighted by Crippen LogP contribution is 2.34. The Labute approximate surface area is 84.2 Å². The maximum atomic E-state index is 11.0. The Morgan fingerprint density at radius 1 is 1.64 bits per heavy atom. The molecule has 0 aromatic carbocycles. The summed E-state index contributed by atoms with van der Waals surface area (Å²) in [7, 11) is 0. The molecule has 0 aliphatic carbocycles. The number of primary amides is 1. The lowest BCUT2D eigenvalue weighted by molar-refractivity contribution is -0.120. The van der Waals surface area contributed by atoms with Crippen LogP contribution >= 0.6 is 0 Å². The van der Waals surface area contributed by atoms with Crippen molar-refractivity contribution < 1.29 is 9.53 Å². The maximum absolute atomic E-state index is 11.0. The van der Waals surface area contributed by atoms with Gasteiger partial charge in [0.25, 0.3) is 0 Å². The Kier molecular flexibility index (Phi) is 2.74. The van der Waals surface area contributed by atoms with Crippen LogP contribution in [-0.2, 0) is 9.53 Å². The summed E-state index contributed by atoms with van der Waals surface area (Å²) in [4.78, 5) is 11.0. The van der Waals surface area contributed by atoms with Crippen LogP contribution in [0, 0.1) is 0 Å². The lowest BCUT2D eigenvalue weighted by Crippen LogP contribution is -2.49. The van der Waals surface area contributed by atoms with Gasteiger partial charge in [0.05, 0.1) is 18.2 Å². The first kappa shape index (κ1) is 9.93. The van der Waals surface area contributed by atoms with E-state index in [1.165, 1.54) is 6.42 Å². The third-order valence-electron chi connectivity index (χ3n) is 3.27. The highest BCUT2D eigenvalue weighted by Gasteiger charge is 2.41. The molecule has 2 aliphatic heterocycles. The molecule has 0 aromatic heterocycles. The van der Waals surface area contributed by atoms with E-state index in [0.29, 0.717) is 18.2 Å². The SMILES string of the molecule is CCC(NC1CC2CCC1O2)C(N)=O. The first-order valence-electron chi connectivity index (χ1n) is 5.41. The Hall–Kier alpha value is -0.610. The zero-order chi connectivity index (χ0) is 10.1. The van der Waals surface area contributed by atoms with E-state index in [1.807, 2.05) is 6.92 Å². The van der Waals surface area contributed by atoms with E-state index >= 15 is 0 Å². The third kappa shape index (κ3) is 1.77. The van der Waals surface area contributed by atoms with Gasteiger partial charge in [0.15, 0.2) is 0 Å². The highest BCUT2D eigenvalue weighted by molar-refractivity contribution is 5.79. The van der Waals surface area contributed by atoms with Gasteiger partial charge >= 0.3 is 0 Å². The normalized spacial score (nSPS) is 37.4. The van der Waals surface area contributed by atoms with Gasteiger partial charge < -0.3 is 15.8 Å². The number of hydrogen-bond acceptors (Lipinski definition) is 3. The first-order valence-corrected chi connectivity index (χ1v) is 5.41. The van der Waals surface area contributed by atoms with Crippen molar-refractivity contribution in [3.63, 3.8) is 0 Å². The van der Waals surface area contributed by atoms with Gasteiger partial charge in [-0.3, -0.25) is 4.79 Å². The summed E-state index contributed by atoms with van der Waals surface area (Å²) in [5.41, 5.74) is 5.28. The number of nitrogens with two attached hydrogens (primary N) is 1. The minimum Gasteiger partial charge on any atom is -0.373 e. The van der Waals surface area contributed by atoms with Crippen LogP contribution in [-0.4, -0.2) is 30.2 Å². The van der Waals surface area contributed by atoms with Crippen LogP contribution in [0.4, 0.5) is 0 Å². The average molecular weight is 198 g/mol. The van der Waals surface area contributed by atoms with Crippen LogP contribution < -0.4 is 11.1 Å². The Morgan fingerprint density at radius 3 is 2.86 bits per heavy atom. The number of hydrogen-bond donors (Lipinski definition) is 2. The van der Waals surface area contributed by atoms with Crippen LogP contribution in [0.1, 0.15) is 32.6 Å². The molecule has 0 saturated carbocycles. The Morgan fingerprint density at radius 2 is 2.43 bits per heavy atom. The van der Waals surface area contributed by atoms with Crippen LogP contribution in [0.3, 0.4) is 0 Å². The molecule has 4 unspecified atom stereocenters. The minimum atomic E-state index is -0.254. The third-order valence-corrected chi connectivity index (χ3v) is 3.27. The molecule has 2 bridgehead atoms. The summed E-state index contributed by atoms with van der Waals surface area (Å²) < 4.78 is 5.70. The molecule has 0 aromatic rings. The van der Waals surface area contributed by atoms with Crippen molar-refractivity contribution in [1.29, 1.82) is 0 Å². The predicted octanol–water partition coefficient (Wildman–Crippen LogP) is 0.160. The standard InChI is InChI=1S/C10H18N2O2/c1-2-7(10(11)13)12-8-5-6-3-4-9(8)14-6/h6-9,12H,2-5H2,1H3,(H2,11,13). The quantitative estimate of drug-likeness (QED) is 0.676. The second-order valence-electron chi connectivity index (χ2n) is 4.25. The molecule has 3 N–H and O–H groups in total. The number of amides is 1. The van der Waals surface area contributed by atoms with Crippen molar-refractivity contribution in [2.24, 2.45) is 5.73 Å². The highest BCUT2D eigenvalue weighted by atomic mass is 16.5. The van der Waals surface area contributed by atoms with E-state index in [2.05, 4.69) is 5.32 Å². The molecule has 14 heavy (non-hydrogen) atoms. The number of nitrogens with one attached hydrogen (secondary N) is 1. The second-order valence-corrected chi connectivity index (χ2v) is 4.25. The number of ether oxygens (including phenoxy) is 1. The van der Waals surface area contributed by atoms with E-state index in [-0.39, 0.29) is 11.9 Å². The number of carbonyl (C=O) groups is 1. The molecule has 0 radical (unpaired) electrons. The topological polar surface area (TPSA) is 64.3 Å². The molecular formula is C10H18N2O2. The molecular weight excluding hydrogens is 180 g/mol. The number of fused-ring (bicyclic) bond motifs is 2. The fourth-order valence-corrected chi connectivity index (χ4v) is 2.47. The molecule has 2 fully saturated rings. The van der Waals surface area contributed by atoms with Crippen molar-refractivity contribution >= 4 is 5.91 Å². The molecule has 2 aliphatic rings. The lowest BCUT2D eigenvalue weighted by atomic mass is 9.94. The molecule has 4 heteroatoms. The van der Waals surface area contributed by atoms with Crippen LogP contribution in [0.5, 0.6) is 0 Å². The van der Waals surface area contributed by atoms with Gasteiger partial charge in [0, 0.05) is 6.04 Å². The van der Waals surface area contributed by atoms with Crippen molar-refractivity contribution in [3.8, 4) is 0 Å². The maximum Gasteiger partial charge on any atom is 0.234 e. The zero-order valence-corrected chi connectivity index (χ0v) is 8.53. The van der Waals surface area contributed by atoms with Crippen LogP contribution in [0.15, 0.2) is 0 Å².